The number of nitrogens with one attached hydrogen (secondary N) is 1. The van der Waals surface area contributed by atoms with E-state index in [4.69, 9.17) is 21.4 Å². The van der Waals surface area contributed by atoms with Crippen molar-refractivity contribution in [2.24, 2.45) is 4.99 Å². The number of carboxylic acid groups (broad SMARTS) is 1. The van der Waals surface area contributed by atoms with Gasteiger partial charge in [0.1, 0.15) is 11.8 Å². The van der Waals surface area contributed by atoms with Crippen molar-refractivity contribution in [2.75, 3.05) is 6.61 Å². The number of unbranched alkanes of at least 4 members (excludes halogenated alkanes) is 1. The molecule has 0 spiro atoms. The summed E-state index contributed by atoms with van der Waals surface area (Å²) in [7, 11) is 0. The lowest BCUT2D eigenvalue weighted by Crippen LogP contribution is -2.38. The summed E-state index contributed by atoms with van der Waals surface area (Å²) >= 11 is 6.55. The molecule has 29 heavy (non-hydrogen) atoms. The second-order valence-electron chi connectivity index (χ2n) is 6.90. The van der Waals surface area contributed by atoms with E-state index >= 15 is 0 Å². The molecule has 0 aliphatic carbocycles. The third-order valence-electron chi connectivity index (χ3n) is 4.92. The number of nitrogens with zero attached hydrogens (tertiary/aromatic N) is 4. The molecule has 1 saturated heterocycles. The molecular formula is C19H20ClN5O4. The maximum atomic E-state index is 12.1. The minimum absolute atomic E-state index is 0.293. The molecule has 3 heterocycles. The van der Waals surface area contributed by atoms with Gasteiger partial charge < -0.3 is 19.3 Å². The van der Waals surface area contributed by atoms with E-state index in [1.807, 2.05) is 10.8 Å². The highest BCUT2D eigenvalue weighted by atomic mass is 35.5. The largest absolute Gasteiger partial charge is 0.492 e. The number of aliphatic carboxylic acids is 1. The highest BCUT2D eigenvalue weighted by Crippen LogP contribution is 2.39. The first-order valence-electron chi connectivity index (χ1n) is 9.31. The smallest absolute Gasteiger partial charge is 0.305 e. The van der Waals surface area contributed by atoms with E-state index in [0.717, 1.165) is 24.9 Å². The van der Waals surface area contributed by atoms with E-state index < -0.39 is 12.0 Å². The Balaban J connectivity index is 1.41. The fourth-order valence-corrected chi connectivity index (χ4v) is 3.71. The number of halogens is 1. The number of aromatic nitrogens is 2. The van der Waals surface area contributed by atoms with Crippen LogP contribution in [0.25, 0.3) is 0 Å². The Morgan fingerprint density at radius 3 is 3.00 bits per heavy atom. The molecular weight excluding hydrogens is 398 g/mol. The lowest BCUT2D eigenvalue weighted by Gasteiger charge is -2.28. The molecule has 152 valence electrons. The zero-order valence-electron chi connectivity index (χ0n) is 15.5. The number of hydrogen-bond donors (Lipinski definition) is 2. The number of fused-ring (bicyclic) bond motifs is 2. The van der Waals surface area contributed by atoms with Gasteiger partial charge in [0.2, 0.25) is 11.9 Å². The average Bonchev–Trinajstić information content (AvgIpc) is 3.30. The minimum atomic E-state index is -1.05. The highest BCUT2D eigenvalue weighted by Gasteiger charge is 2.40. The first-order chi connectivity index (χ1) is 14.0. The molecule has 0 saturated carbocycles. The summed E-state index contributed by atoms with van der Waals surface area (Å²) in [5.41, 5.74) is 1.36. The number of carbonyl (C=O) groups is 2. The van der Waals surface area contributed by atoms with E-state index in [9.17, 15) is 9.59 Å². The molecule has 1 aromatic carbocycles. The van der Waals surface area contributed by atoms with E-state index in [1.54, 1.807) is 29.6 Å². The van der Waals surface area contributed by atoms with Crippen LogP contribution in [-0.4, -0.2) is 50.0 Å². The number of carbonyl (C=O) groups excluding carboxylic acids is 1. The number of rotatable bonds is 8. The van der Waals surface area contributed by atoms with Crippen molar-refractivity contribution in [3.8, 4) is 5.75 Å². The van der Waals surface area contributed by atoms with Gasteiger partial charge in [0.25, 0.3) is 0 Å². The monoisotopic (exact) mass is 417 g/mol. The van der Waals surface area contributed by atoms with Crippen molar-refractivity contribution in [1.29, 1.82) is 0 Å². The van der Waals surface area contributed by atoms with Gasteiger partial charge in [-0.3, -0.25) is 14.9 Å². The normalized spacial score (nSPS) is 17.4. The van der Waals surface area contributed by atoms with Crippen molar-refractivity contribution < 1.29 is 19.4 Å². The van der Waals surface area contributed by atoms with Crippen LogP contribution in [-0.2, 0) is 22.7 Å². The summed E-state index contributed by atoms with van der Waals surface area (Å²) < 4.78 is 7.86. The van der Waals surface area contributed by atoms with Gasteiger partial charge in [-0.2, -0.15) is 0 Å². The molecule has 2 N–H and O–H groups in total. The summed E-state index contributed by atoms with van der Waals surface area (Å²) in [6.45, 7) is 1.69. The van der Waals surface area contributed by atoms with E-state index in [0.29, 0.717) is 35.6 Å². The molecule has 4 rings (SSSR count). The van der Waals surface area contributed by atoms with Gasteiger partial charge in [-0.25, -0.2) is 9.98 Å². The predicted molar refractivity (Wildman–Crippen MR) is 105 cm³/mol. The fourth-order valence-electron chi connectivity index (χ4n) is 3.44. The molecule has 1 fully saturated rings. The molecule has 0 bridgehead atoms. The van der Waals surface area contributed by atoms with E-state index in [1.165, 1.54) is 0 Å². The number of aryl methyl sites for hydroxylation is 1. The third-order valence-corrected chi connectivity index (χ3v) is 5.33. The van der Waals surface area contributed by atoms with E-state index in [-0.39, 0.29) is 12.3 Å². The molecule has 9 nitrogen and oxygen atoms in total. The van der Waals surface area contributed by atoms with Crippen LogP contribution in [0.4, 0.5) is 5.69 Å². The fraction of sp³-hybridized carbons (Fsp3) is 0.368. The zero-order valence-corrected chi connectivity index (χ0v) is 16.3. The molecule has 2 aliphatic rings. The Morgan fingerprint density at radius 1 is 1.38 bits per heavy atom. The number of guanidine groups is 1. The standard InChI is InChI=1S/C19H20ClN5O4/c20-17-12-10-25-14(9-16(26)27)18(28)23-19(25)22-13(12)3-4-15(17)29-8-2-1-6-24-7-5-21-11-24/h3-5,7,11,14H,1-2,6,8-10H2,(H,26,27)(H,22,23,28). The van der Waals surface area contributed by atoms with Crippen LogP contribution in [0.1, 0.15) is 24.8 Å². The Labute approximate surface area is 172 Å². The van der Waals surface area contributed by atoms with Gasteiger partial charge in [0.05, 0.1) is 36.6 Å². The summed E-state index contributed by atoms with van der Waals surface area (Å²) in [5.74, 6) is -0.501. The molecule has 1 unspecified atom stereocenters. The molecule has 10 heteroatoms. The first-order valence-corrected chi connectivity index (χ1v) is 9.68. The topological polar surface area (TPSA) is 109 Å². The Bertz CT molecular complexity index is 960. The van der Waals surface area contributed by atoms with Crippen LogP contribution in [0, 0.1) is 0 Å². The minimum Gasteiger partial charge on any atom is -0.492 e. The predicted octanol–water partition coefficient (Wildman–Crippen LogP) is 2.17. The van der Waals surface area contributed by atoms with Crippen LogP contribution in [0.3, 0.4) is 0 Å². The molecule has 1 aromatic heterocycles. The van der Waals surface area contributed by atoms with Crippen LogP contribution in [0.5, 0.6) is 5.75 Å². The van der Waals surface area contributed by atoms with Gasteiger partial charge >= 0.3 is 5.97 Å². The van der Waals surface area contributed by atoms with Crippen molar-refractivity contribution in [1.82, 2.24) is 19.8 Å². The maximum absolute atomic E-state index is 12.1. The quantitative estimate of drug-likeness (QED) is 0.637. The van der Waals surface area contributed by atoms with Crippen LogP contribution in [0.15, 0.2) is 35.8 Å². The van der Waals surface area contributed by atoms with Crippen molar-refractivity contribution >= 4 is 35.1 Å². The lowest BCUT2D eigenvalue weighted by molar-refractivity contribution is -0.140. The third kappa shape index (κ3) is 4.04. The first kappa shape index (κ1) is 19.3. The number of ether oxygens (including phenoxy) is 1. The Kier molecular flexibility index (Phi) is 5.39. The molecule has 2 aromatic rings. The average molecular weight is 418 g/mol. The highest BCUT2D eigenvalue weighted by molar-refractivity contribution is 6.33. The molecule has 0 radical (unpaired) electrons. The summed E-state index contributed by atoms with van der Waals surface area (Å²) in [6, 6.07) is 2.76. The number of imidazole rings is 1. The number of carboxylic acids is 1. The second kappa shape index (κ2) is 8.12. The number of benzene rings is 1. The van der Waals surface area contributed by atoms with Crippen molar-refractivity contribution in [2.45, 2.75) is 38.4 Å². The van der Waals surface area contributed by atoms with Crippen LogP contribution < -0.4 is 10.1 Å². The molecule has 2 aliphatic heterocycles. The lowest BCUT2D eigenvalue weighted by atomic mass is 10.1. The van der Waals surface area contributed by atoms with Gasteiger partial charge in [-0.15, -0.1) is 0 Å². The second-order valence-corrected chi connectivity index (χ2v) is 7.28. The van der Waals surface area contributed by atoms with Gasteiger partial charge in [-0.1, -0.05) is 11.6 Å². The Hall–Kier alpha value is -3.07. The summed E-state index contributed by atoms with van der Waals surface area (Å²) in [6.07, 6.45) is 6.97. The maximum Gasteiger partial charge on any atom is 0.305 e. The SMILES string of the molecule is O=C(O)CC1C(=O)NC2=Nc3ccc(OCCCCn4ccnc4)c(Cl)c3CN21. The summed E-state index contributed by atoms with van der Waals surface area (Å²) in [4.78, 5) is 33.3. The Morgan fingerprint density at radius 2 is 2.24 bits per heavy atom. The number of hydrogen-bond acceptors (Lipinski definition) is 6. The number of aliphatic imine (C=N–C) groups is 1. The summed E-state index contributed by atoms with van der Waals surface area (Å²) in [5, 5.41) is 12.2. The van der Waals surface area contributed by atoms with Crippen molar-refractivity contribution in [3.63, 3.8) is 0 Å². The molecule has 1 atom stereocenters. The molecule has 1 amide bonds. The van der Waals surface area contributed by atoms with Crippen molar-refractivity contribution in [3.05, 3.63) is 41.4 Å². The van der Waals surface area contributed by atoms with Gasteiger partial charge in [0, 0.05) is 24.5 Å². The van der Waals surface area contributed by atoms with Gasteiger partial charge in [-0.05, 0) is 25.0 Å². The number of amides is 1. The van der Waals surface area contributed by atoms with Gasteiger partial charge in [0.15, 0.2) is 0 Å². The van der Waals surface area contributed by atoms with E-state index in [2.05, 4.69) is 15.3 Å². The zero-order chi connectivity index (χ0) is 20.4. The van der Waals surface area contributed by atoms with Crippen LogP contribution in [0.2, 0.25) is 5.02 Å². The van der Waals surface area contributed by atoms with Crippen LogP contribution >= 0.6 is 11.6 Å².